The maximum absolute atomic E-state index is 10.2. The van der Waals surface area contributed by atoms with Gasteiger partial charge in [0.1, 0.15) is 0 Å². The van der Waals surface area contributed by atoms with Crippen molar-refractivity contribution in [2.24, 2.45) is 0 Å². The highest BCUT2D eigenvalue weighted by atomic mass is 16.5. The molecule has 0 aliphatic rings. The number of hydrogen-bond donors (Lipinski definition) is 2. The summed E-state index contributed by atoms with van der Waals surface area (Å²) < 4.78 is 4.86. The van der Waals surface area contributed by atoms with Crippen molar-refractivity contribution in [1.82, 2.24) is 9.97 Å². The van der Waals surface area contributed by atoms with Gasteiger partial charge in [-0.2, -0.15) is 0 Å². The van der Waals surface area contributed by atoms with Crippen LogP contribution in [0.2, 0.25) is 0 Å². The molecule has 1 aromatic carbocycles. The van der Waals surface area contributed by atoms with Crippen LogP contribution in [0.5, 0.6) is 11.5 Å². The van der Waals surface area contributed by atoms with Gasteiger partial charge in [-0.05, 0) is 23.8 Å². The Kier molecular flexibility index (Phi) is 6.26. The van der Waals surface area contributed by atoms with Gasteiger partial charge >= 0.3 is 5.97 Å². The van der Waals surface area contributed by atoms with Gasteiger partial charge in [-0.1, -0.05) is 6.07 Å². The summed E-state index contributed by atoms with van der Waals surface area (Å²) >= 11 is 0. The maximum Gasteiger partial charge on any atom is 0.328 e. The smallest absolute Gasteiger partial charge is 0.328 e. The zero-order valence-electron chi connectivity index (χ0n) is 10.8. The van der Waals surface area contributed by atoms with Gasteiger partial charge < -0.3 is 14.9 Å². The Morgan fingerprint density at radius 1 is 1.20 bits per heavy atom. The largest absolute Gasteiger partial charge is 0.504 e. The van der Waals surface area contributed by atoms with Crippen LogP contribution in [-0.4, -0.2) is 33.3 Å². The standard InChI is InChI=1S/C10H10O4.C4H4N2/c1-14-9-6-7(2-4-8(9)11)3-5-10(12)13;1-2-6-4-3-5-1/h2-6,11H,1H3,(H,12,13);1-4H. The molecule has 104 valence electrons. The van der Waals surface area contributed by atoms with Crippen LogP contribution in [0.15, 0.2) is 49.1 Å². The minimum absolute atomic E-state index is 0.0278. The first-order chi connectivity index (χ1) is 9.63. The van der Waals surface area contributed by atoms with Crippen molar-refractivity contribution < 1.29 is 19.7 Å². The van der Waals surface area contributed by atoms with Gasteiger partial charge in [0.25, 0.3) is 0 Å². The van der Waals surface area contributed by atoms with Crippen molar-refractivity contribution in [2.75, 3.05) is 7.11 Å². The topological polar surface area (TPSA) is 92.5 Å². The third-order valence-electron chi connectivity index (χ3n) is 2.10. The minimum Gasteiger partial charge on any atom is -0.504 e. The fraction of sp³-hybridized carbons (Fsp3) is 0.0714. The molecule has 20 heavy (non-hydrogen) atoms. The number of benzene rings is 1. The van der Waals surface area contributed by atoms with E-state index in [1.54, 1.807) is 36.9 Å². The second-order valence-electron chi connectivity index (χ2n) is 3.50. The number of methoxy groups -OCH3 is 1. The molecule has 0 saturated heterocycles. The number of aromatic nitrogens is 2. The Morgan fingerprint density at radius 2 is 1.80 bits per heavy atom. The summed E-state index contributed by atoms with van der Waals surface area (Å²) in [4.78, 5) is 17.7. The highest BCUT2D eigenvalue weighted by molar-refractivity contribution is 5.85. The van der Waals surface area contributed by atoms with Gasteiger partial charge in [0, 0.05) is 30.9 Å². The molecule has 2 aromatic rings. The summed E-state index contributed by atoms with van der Waals surface area (Å²) in [6.45, 7) is 0. The summed E-state index contributed by atoms with van der Waals surface area (Å²) in [5, 5.41) is 17.6. The number of ether oxygens (including phenoxy) is 1. The predicted molar refractivity (Wildman–Crippen MR) is 73.4 cm³/mol. The van der Waals surface area contributed by atoms with Crippen molar-refractivity contribution >= 4 is 12.0 Å². The van der Waals surface area contributed by atoms with Crippen molar-refractivity contribution in [2.45, 2.75) is 0 Å². The highest BCUT2D eigenvalue weighted by Crippen LogP contribution is 2.26. The number of nitrogens with zero attached hydrogens (tertiary/aromatic N) is 2. The third kappa shape index (κ3) is 5.63. The molecule has 0 fully saturated rings. The lowest BCUT2D eigenvalue weighted by molar-refractivity contribution is -0.131. The van der Waals surface area contributed by atoms with E-state index in [0.717, 1.165) is 6.08 Å². The van der Waals surface area contributed by atoms with Crippen LogP contribution < -0.4 is 4.74 Å². The van der Waals surface area contributed by atoms with Gasteiger partial charge in [-0.15, -0.1) is 0 Å². The molecule has 0 unspecified atom stereocenters. The average molecular weight is 274 g/mol. The SMILES string of the molecule is COc1cc(C=CC(=O)O)ccc1O.c1cnccn1. The van der Waals surface area contributed by atoms with E-state index in [2.05, 4.69) is 9.97 Å². The van der Waals surface area contributed by atoms with Crippen LogP contribution in [0.4, 0.5) is 0 Å². The van der Waals surface area contributed by atoms with Crippen LogP contribution in [0.1, 0.15) is 5.56 Å². The molecule has 0 bridgehead atoms. The lowest BCUT2D eigenvalue weighted by Gasteiger charge is -2.03. The molecule has 0 atom stereocenters. The molecule has 2 rings (SSSR count). The molecule has 2 N–H and O–H groups in total. The maximum atomic E-state index is 10.2. The number of carboxylic acids is 1. The number of phenolic OH excluding ortho intramolecular Hbond substituents is 1. The summed E-state index contributed by atoms with van der Waals surface area (Å²) in [6.07, 6.45) is 9.00. The lowest BCUT2D eigenvalue weighted by Crippen LogP contribution is -1.87. The van der Waals surface area contributed by atoms with E-state index in [4.69, 9.17) is 9.84 Å². The second-order valence-corrected chi connectivity index (χ2v) is 3.50. The Labute approximate surface area is 116 Å². The fourth-order valence-corrected chi connectivity index (χ4v) is 1.22. The van der Waals surface area contributed by atoms with Gasteiger partial charge in [-0.3, -0.25) is 9.97 Å². The van der Waals surface area contributed by atoms with Crippen LogP contribution in [0, 0.1) is 0 Å². The highest BCUT2D eigenvalue weighted by Gasteiger charge is 2.00. The molecule has 0 aliphatic heterocycles. The second kappa shape index (κ2) is 8.25. The number of phenols is 1. The Bertz CT molecular complexity index is 544. The van der Waals surface area contributed by atoms with Crippen LogP contribution in [-0.2, 0) is 4.79 Å². The van der Waals surface area contributed by atoms with Crippen LogP contribution in [0.25, 0.3) is 6.08 Å². The monoisotopic (exact) mass is 274 g/mol. The Hall–Kier alpha value is -2.89. The summed E-state index contributed by atoms with van der Waals surface area (Å²) in [7, 11) is 1.43. The number of aliphatic carboxylic acids is 1. The summed E-state index contributed by atoms with van der Waals surface area (Å²) in [5.41, 5.74) is 0.655. The number of hydrogen-bond acceptors (Lipinski definition) is 5. The average Bonchev–Trinajstić information content (AvgIpc) is 2.49. The van der Waals surface area contributed by atoms with E-state index in [-0.39, 0.29) is 5.75 Å². The van der Waals surface area contributed by atoms with E-state index in [1.165, 1.54) is 19.3 Å². The molecule has 1 heterocycles. The first-order valence-electron chi connectivity index (χ1n) is 5.61. The molecule has 6 heteroatoms. The first kappa shape index (κ1) is 15.2. The number of aromatic hydroxyl groups is 1. The Morgan fingerprint density at radius 3 is 2.25 bits per heavy atom. The summed E-state index contributed by atoms with van der Waals surface area (Å²) in [6, 6.07) is 4.59. The van der Waals surface area contributed by atoms with Gasteiger partial charge in [-0.25, -0.2) is 4.79 Å². The van der Waals surface area contributed by atoms with Gasteiger partial charge in [0.2, 0.25) is 0 Å². The van der Waals surface area contributed by atoms with E-state index in [0.29, 0.717) is 11.3 Å². The lowest BCUT2D eigenvalue weighted by atomic mass is 10.2. The molecule has 1 aromatic heterocycles. The fourth-order valence-electron chi connectivity index (χ4n) is 1.22. The summed E-state index contributed by atoms with van der Waals surface area (Å²) in [5.74, 6) is -0.672. The molecule has 0 spiro atoms. The van der Waals surface area contributed by atoms with E-state index >= 15 is 0 Å². The van der Waals surface area contributed by atoms with Crippen LogP contribution in [0.3, 0.4) is 0 Å². The third-order valence-corrected chi connectivity index (χ3v) is 2.10. The first-order valence-corrected chi connectivity index (χ1v) is 5.61. The van der Waals surface area contributed by atoms with E-state index in [9.17, 15) is 9.90 Å². The molecule has 0 aliphatic carbocycles. The predicted octanol–water partition coefficient (Wildman–Crippen LogP) is 1.98. The van der Waals surface area contributed by atoms with Gasteiger partial charge in [0.05, 0.1) is 7.11 Å². The van der Waals surface area contributed by atoms with Crippen LogP contribution >= 0.6 is 0 Å². The van der Waals surface area contributed by atoms with Crippen molar-refractivity contribution in [3.05, 3.63) is 54.6 Å². The molecule has 0 radical (unpaired) electrons. The molecular weight excluding hydrogens is 260 g/mol. The van der Waals surface area contributed by atoms with Gasteiger partial charge in [0.15, 0.2) is 11.5 Å². The zero-order valence-corrected chi connectivity index (χ0v) is 10.8. The van der Waals surface area contributed by atoms with Crippen molar-refractivity contribution in [3.63, 3.8) is 0 Å². The molecule has 0 saturated carbocycles. The van der Waals surface area contributed by atoms with Crippen molar-refractivity contribution in [1.29, 1.82) is 0 Å². The molecule has 0 amide bonds. The number of carboxylic acid groups (broad SMARTS) is 1. The normalized spacial score (nSPS) is 9.65. The van der Waals surface area contributed by atoms with Crippen molar-refractivity contribution in [3.8, 4) is 11.5 Å². The van der Waals surface area contributed by atoms with E-state index in [1.807, 2.05) is 0 Å². The van der Waals surface area contributed by atoms with E-state index < -0.39 is 5.97 Å². The number of rotatable bonds is 3. The quantitative estimate of drug-likeness (QED) is 0.831. The Balaban J connectivity index is 0.000000276. The number of carbonyl (C=O) groups is 1. The minimum atomic E-state index is -1.02. The zero-order chi connectivity index (χ0) is 14.8. The molecular formula is C14H14N2O4. The molecule has 6 nitrogen and oxygen atoms in total.